The molecule has 2 fully saturated rings. The van der Waals surface area contributed by atoms with Crippen LogP contribution >= 0.6 is 0 Å². The van der Waals surface area contributed by atoms with Gasteiger partial charge in [-0.05, 0) is 29.3 Å². The first-order valence-corrected chi connectivity index (χ1v) is 10.7. The predicted molar refractivity (Wildman–Crippen MR) is 122 cm³/mol. The fourth-order valence-electron chi connectivity index (χ4n) is 4.85. The molecule has 5 heteroatoms. The van der Waals surface area contributed by atoms with Crippen LogP contribution in [0.4, 0.5) is 5.82 Å². The van der Waals surface area contributed by atoms with Gasteiger partial charge in [0.1, 0.15) is 5.82 Å². The zero-order valence-electron chi connectivity index (χ0n) is 17.1. The molecule has 2 saturated heterocycles. The van der Waals surface area contributed by atoms with Gasteiger partial charge in [-0.3, -0.25) is 9.78 Å². The van der Waals surface area contributed by atoms with Crippen molar-refractivity contribution in [3.63, 3.8) is 0 Å². The highest BCUT2D eigenvalue weighted by molar-refractivity contribution is 6.01. The Morgan fingerprint density at radius 2 is 1.55 bits per heavy atom. The first-order valence-electron chi connectivity index (χ1n) is 10.7. The van der Waals surface area contributed by atoms with Crippen LogP contribution in [-0.2, 0) is 0 Å². The normalized spacial score (nSPS) is 19.9. The molecule has 0 radical (unpaired) electrons. The van der Waals surface area contributed by atoms with Crippen LogP contribution in [0.3, 0.4) is 0 Å². The number of amides is 1. The Kier molecular flexibility index (Phi) is 4.20. The predicted octanol–water partition coefficient (Wildman–Crippen LogP) is 4.26. The number of anilines is 1. The third-order valence-corrected chi connectivity index (χ3v) is 6.50. The van der Waals surface area contributed by atoms with Crippen molar-refractivity contribution >= 4 is 22.8 Å². The van der Waals surface area contributed by atoms with Crippen LogP contribution in [0.1, 0.15) is 10.4 Å². The summed E-state index contributed by atoms with van der Waals surface area (Å²) in [7, 11) is 0. The van der Waals surface area contributed by atoms with Gasteiger partial charge in [-0.1, -0.05) is 60.7 Å². The lowest BCUT2D eigenvalue weighted by atomic mass is 9.89. The van der Waals surface area contributed by atoms with Gasteiger partial charge in [0.15, 0.2) is 0 Å². The third kappa shape index (κ3) is 3.05. The average Bonchev–Trinajstić information content (AvgIpc) is 3.15. The summed E-state index contributed by atoms with van der Waals surface area (Å²) >= 11 is 0. The molecule has 2 unspecified atom stereocenters. The molecule has 3 heterocycles. The number of likely N-dealkylation sites (tertiary alicyclic amines) is 1. The zero-order chi connectivity index (χ0) is 20.8. The molecule has 0 saturated carbocycles. The summed E-state index contributed by atoms with van der Waals surface area (Å²) in [5.74, 6) is 1.50. The lowest BCUT2D eigenvalue weighted by Crippen LogP contribution is -2.58. The molecule has 0 bridgehead atoms. The van der Waals surface area contributed by atoms with Crippen LogP contribution in [0.2, 0.25) is 0 Å². The van der Waals surface area contributed by atoms with Crippen LogP contribution in [0, 0.1) is 5.92 Å². The van der Waals surface area contributed by atoms with Gasteiger partial charge >= 0.3 is 0 Å². The minimum atomic E-state index is 0.118. The molecule has 4 aromatic rings. The molecule has 0 aliphatic carbocycles. The molecule has 5 nitrogen and oxygen atoms in total. The molecular formula is C26H22N4O. The second-order valence-corrected chi connectivity index (χ2v) is 8.32. The number of hydrogen-bond donors (Lipinski definition) is 0. The summed E-state index contributed by atoms with van der Waals surface area (Å²) in [6, 6.07) is 26.2. The molecule has 2 atom stereocenters. The Bertz CT molecular complexity index is 1270. The number of aromatic nitrogens is 2. The summed E-state index contributed by atoms with van der Waals surface area (Å²) < 4.78 is 0. The molecule has 6 rings (SSSR count). The summed E-state index contributed by atoms with van der Waals surface area (Å²) in [4.78, 5) is 27.1. The highest BCUT2D eigenvalue weighted by atomic mass is 16.2. The van der Waals surface area contributed by atoms with Gasteiger partial charge in [0.05, 0.1) is 23.3 Å². The first-order chi connectivity index (χ1) is 15.3. The third-order valence-electron chi connectivity index (χ3n) is 6.50. The van der Waals surface area contributed by atoms with Gasteiger partial charge in [-0.15, -0.1) is 0 Å². The van der Waals surface area contributed by atoms with E-state index in [9.17, 15) is 4.79 Å². The standard InChI is InChI=1S/C26H22N4O/c31-26(21-11-5-4-10-20(21)18-8-2-1-3-9-18)30-16-19-15-29(17-24(19)30)25-14-27-22-12-6-7-13-23(22)28-25/h1-14,19,24H,15-17H2. The maximum absolute atomic E-state index is 13.5. The Morgan fingerprint density at radius 1 is 0.806 bits per heavy atom. The number of fused-ring (bicyclic) bond motifs is 2. The van der Waals surface area contributed by atoms with Gasteiger partial charge in [0, 0.05) is 31.1 Å². The van der Waals surface area contributed by atoms with E-state index in [1.54, 1.807) is 0 Å². The van der Waals surface area contributed by atoms with Crippen molar-refractivity contribution in [2.24, 2.45) is 5.92 Å². The molecule has 0 spiro atoms. The quantitative estimate of drug-likeness (QED) is 0.510. The lowest BCUT2D eigenvalue weighted by Gasteiger charge is -2.43. The van der Waals surface area contributed by atoms with Crippen LogP contribution in [0.15, 0.2) is 85.1 Å². The van der Waals surface area contributed by atoms with Crippen LogP contribution < -0.4 is 4.90 Å². The second kappa shape index (κ2) is 7.20. The van der Waals surface area contributed by atoms with E-state index in [4.69, 9.17) is 4.98 Å². The first kappa shape index (κ1) is 18.1. The number of para-hydroxylation sites is 2. The fraction of sp³-hybridized carbons (Fsp3) is 0.192. The summed E-state index contributed by atoms with van der Waals surface area (Å²) in [5.41, 5.74) is 4.65. The van der Waals surface area contributed by atoms with Gasteiger partial charge in [-0.25, -0.2) is 4.98 Å². The number of carbonyl (C=O) groups is 1. The largest absolute Gasteiger partial charge is 0.353 e. The Morgan fingerprint density at radius 3 is 2.42 bits per heavy atom. The van der Waals surface area contributed by atoms with Crippen molar-refractivity contribution < 1.29 is 4.79 Å². The summed E-state index contributed by atoms with van der Waals surface area (Å²) in [6.07, 6.45) is 1.85. The van der Waals surface area contributed by atoms with Crippen LogP contribution in [0.25, 0.3) is 22.2 Å². The second-order valence-electron chi connectivity index (χ2n) is 8.32. The van der Waals surface area contributed by atoms with Gasteiger partial charge in [0.2, 0.25) is 0 Å². The number of benzene rings is 3. The van der Waals surface area contributed by atoms with E-state index < -0.39 is 0 Å². The zero-order valence-corrected chi connectivity index (χ0v) is 17.1. The van der Waals surface area contributed by atoms with Crippen molar-refractivity contribution in [3.05, 3.63) is 90.6 Å². The fourth-order valence-corrected chi connectivity index (χ4v) is 4.85. The smallest absolute Gasteiger partial charge is 0.254 e. The molecule has 3 aromatic carbocycles. The van der Waals surface area contributed by atoms with Gasteiger partial charge in [0.25, 0.3) is 5.91 Å². The highest BCUT2D eigenvalue weighted by Gasteiger charge is 2.48. The molecule has 2 aliphatic heterocycles. The van der Waals surface area contributed by atoms with Crippen molar-refractivity contribution in [2.75, 3.05) is 24.5 Å². The van der Waals surface area contributed by atoms with E-state index in [-0.39, 0.29) is 11.9 Å². The minimum absolute atomic E-state index is 0.118. The number of rotatable bonds is 3. The summed E-state index contributed by atoms with van der Waals surface area (Å²) in [6.45, 7) is 2.52. The van der Waals surface area contributed by atoms with Crippen molar-refractivity contribution in [1.29, 1.82) is 0 Å². The average molecular weight is 406 g/mol. The maximum Gasteiger partial charge on any atom is 0.254 e. The Hall–Kier alpha value is -3.73. The minimum Gasteiger partial charge on any atom is -0.353 e. The summed E-state index contributed by atoms with van der Waals surface area (Å²) in [5, 5.41) is 0. The number of nitrogens with zero attached hydrogens (tertiary/aromatic N) is 4. The van der Waals surface area contributed by atoms with Crippen LogP contribution in [0.5, 0.6) is 0 Å². The van der Waals surface area contributed by atoms with E-state index >= 15 is 0 Å². The van der Waals surface area contributed by atoms with Crippen molar-refractivity contribution in [3.8, 4) is 11.1 Å². The maximum atomic E-state index is 13.5. The number of carbonyl (C=O) groups excluding carboxylic acids is 1. The van der Waals surface area contributed by atoms with E-state index in [1.165, 1.54) is 0 Å². The molecule has 0 N–H and O–H groups in total. The molecule has 2 aliphatic rings. The SMILES string of the molecule is O=C(c1ccccc1-c1ccccc1)N1CC2CN(c3cnc4ccccc4n3)CC21. The lowest BCUT2D eigenvalue weighted by molar-refractivity contribution is 0.0328. The topological polar surface area (TPSA) is 49.3 Å². The van der Waals surface area contributed by atoms with Gasteiger partial charge < -0.3 is 9.80 Å². The van der Waals surface area contributed by atoms with E-state index in [0.717, 1.165) is 53.2 Å². The van der Waals surface area contributed by atoms with Gasteiger partial charge in [-0.2, -0.15) is 0 Å². The Labute approximate surface area is 181 Å². The number of hydrogen-bond acceptors (Lipinski definition) is 4. The monoisotopic (exact) mass is 406 g/mol. The highest BCUT2D eigenvalue weighted by Crippen LogP contribution is 2.36. The van der Waals surface area contributed by atoms with E-state index in [1.807, 2.05) is 77.8 Å². The molecule has 1 aromatic heterocycles. The molecular weight excluding hydrogens is 384 g/mol. The van der Waals surface area contributed by atoms with Crippen molar-refractivity contribution in [1.82, 2.24) is 14.9 Å². The Balaban J connectivity index is 1.24. The molecule has 31 heavy (non-hydrogen) atoms. The van der Waals surface area contributed by atoms with E-state index in [0.29, 0.717) is 5.92 Å². The molecule has 1 amide bonds. The van der Waals surface area contributed by atoms with Crippen LogP contribution in [-0.4, -0.2) is 46.5 Å². The van der Waals surface area contributed by atoms with Crippen molar-refractivity contribution in [2.45, 2.75) is 6.04 Å². The van der Waals surface area contributed by atoms with E-state index in [2.05, 4.69) is 22.0 Å². The molecule has 152 valence electrons.